The molecule has 0 radical (unpaired) electrons. The van der Waals surface area contributed by atoms with E-state index in [0.29, 0.717) is 38.5 Å². The van der Waals surface area contributed by atoms with Crippen molar-refractivity contribution >= 4 is 36.4 Å². The van der Waals surface area contributed by atoms with Gasteiger partial charge in [-0.15, -0.1) is 24.8 Å². The van der Waals surface area contributed by atoms with Crippen LogP contribution in [0.3, 0.4) is 0 Å². The Morgan fingerprint density at radius 2 is 1.82 bits per heavy atom. The first-order valence-electron chi connectivity index (χ1n) is 9.17. The number of benzene rings is 1. The Morgan fingerprint density at radius 1 is 1.21 bits per heavy atom. The van der Waals surface area contributed by atoms with Crippen molar-refractivity contribution in [3.63, 3.8) is 0 Å². The maximum absolute atomic E-state index is 12.5. The average Bonchev–Trinajstić information content (AvgIpc) is 3.15. The molecule has 2 aliphatic rings. The van der Waals surface area contributed by atoms with E-state index in [9.17, 15) is 4.79 Å². The van der Waals surface area contributed by atoms with Crippen molar-refractivity contribution in [2.45, 2.75) is 24.8 Å². The van der Waals surface area contributed by atoms with Gasteiger partial charge in [0.15, 0.2) is 0 Å². The van der Waals surface area contributed by atoms with Crippen LogP contribution >= 0.6 is 24.8 Å². The summed E-state index contributed by atoms with van der Waals surface area (Å²) < 4.78 is 16.0. The molecule has 1 atom stereocenters. The lowest BCUT2D eigenvalue weighted by atomic mass is 9.90. The number of ether oxygens (including phenoxy) is 3. The van der Waals surface area contributed by atoms with Gasteiger partial charge >= 0.3 is 0 Å². The van der Waals surface area contributed by atoms with Crippen molar-refractivity contribution in [3.8, 4) is 11.5 Å². The van der Waals surface area contributed by atoms with E-state index in [1.165, 1.54) is 0 Å². The predicted octanol–water partition coefficient (Wildman–Crippen LogP) is 2.00. The average molecular weight is 436 g/mol. The topological polar surface area (TPSA) is 86.1 Å². The van der Waals surface area contributed by atoms with Gasteiger partial charge in [0.1, 0.15) is 11.5 Å². The molecule has 3 N–H and O–H groups in total. The molecular weight excluding hydrogens is 405 g/mol. The Labute approximate surface area is 179 Å². The number of nitrogens with one attached hydrogen (secondary N) is 1. The van der Waals surface area contributed by atoms with Gasteiger partial charge in [-0.2, -0.15) is 0 Å². The van der Waals surface area contributed by atoms with E-state index in [4.69, 9.17) is 19.9 Å². The van der Waals surface area contributed by atoms with Crippen LogP contribution in [0.2, 0.25) is 0 Å². The standard InChI is InChI=1S/C19H29N3O4.2ClH/c1-24-16-9-15(10-17(11-16)25-2)22-6-3-14(13-22)12-21-18(23)19(20)4-7-26-8-5-19;;/h9-11,14H,3-8,12-13,20H2,1-2H3,(H,21,23);2*1H. The summed E-state index contributed by atoms with van der Waals surface area (Å²) in [5.41, 5.74) is 6.54. The maximum atomic E-state index is 12.5. The van der Waals surface area contributed by atoms with Crippen LogP contribution in [0.15, 0.2) is 18.2 Å². The molecular formula is C19H31Cl2N3O4. The van der Waals surface area contributed by atoms with E-state index in [1.807, 2.05) is 18.2 Å². The number of halogens is 2. The van der Waals surface area contributed by atoms with Crippen LogP contribution < -0.4 is 25.4 Å². The zero-order valence-corrected chi connectivity index (χ0v) is 18.1. The Balaban J connectivity index is 0.00000196. The van der Waals surface area contributed by atoms with Crippen molar-refractivity contribution in [1.82, 2.24) is 5.32 Å². The number of methoxy groups -OCH3 is 2. The molecule has 2 aliphatic heterocycles. The first kappa shape index (κ1) is 24.6. The normalized spacial score (nSPS) is 20.5. The first-order chi connectivity index (χ1) is 12.5. The van der Waals surface area contributed by atoms with Gasteiger partial charge in [0.2, 0.25) is 5.91 Å². The van der Waals surface area contributed by atoms with Gasteiger partial charge < -0.3 is 30.2 Å². The summed E-state index contributed by atoms with van der Waals surface area (Å²) in [7, 11) is 3.31. The van der Waals surface area contributed by atoms with Crippen molar-refractivity contribution in [3.05, 3.63) is 18.2 Å². The predicted molar refractivity (Wildman–Crippen MR) is 114 cm³/mol. The largest absolute Gasteiger partial charge is 0.497 e. The fourth-order valence-corrected chi connectivity index (χ4v) is 3.58. The lowest BCUT2D eigenvalue weighted by Crippen LogP contribution is -2.57. The van der Waals surface area contributed by atoms with Crippen LogP contribution in [-0.2, 0) is 9.53 Å². The summed E-state index contributed by atoms with van der Waals surface area (Å²) >= 11 is 0. The van der Waals surface area contributed by atoms with Crippen LogP contribution in [-0.4, -0.2) is 58.5 Å². The number of carbonyl (C=O) groups excluding carboxylic acids is 1. The molecule has 0 bridgehead atoms. The Hall–Kier alpha value is -1.41. The summed E-state index contributed by atoms with van der Waals surface area (Å²) in [6.07, 6.45) is 2.19. The minimum absolute atomic E-state index is 0. The van der Waals surface area contributed by atoms with Crippen LogP contribution in [0, 0.1) is 5.92 Å². The summed E-state index contributed by atoms with van der Waals surface area (Å²) in [6, 6.07) is 5.90. The molecule has 2 heterocycles. The molecule has 2 saturated heterocycles. The monoisotopic (exact) mass is 435 g/mol. The number of hydrogen-bond donors (Lipinski definition) is 2. The minimum Gasteiger partial charge on any atom is -0.497 e. The number of rotatable bonds is 6. The minimum atomic E-state index is -0.781. The third-order valence-corrected chi connectivity index (χ3v) is 5.38. The van der Waals surface area contributed by atoms with Gasteiger partial charge in [-0.3, -0.25) is 4.79 Å². The molecule has 160 valence electrons. The molecule has 1 amide bonds. The Morgan fingerprint density at radius 3 is 2.39 bits per heavy atom. The molecule has 7 nitrogen and oxygen atoms in total. The van der Waals surface area contributed by atoms with E-state index in [-0.39, 0.29) is 30.7 Å². The lowest BCUT2D eigenvalue weighted by molar-refractivity contribution is -0.129. The van der Waals surface area contributed by atoms with Gasteiger partial charge in [0.05, 0.1) is 19.8 Å². The second kappa shape index (κ2) is 11.0. The van der Waals surface area contributed by atoms with E-state index < -0.39 is 5.54 Å². The molecule has 9 heteroatoms. The van der Waals surface area contributed by atoms with E-state index in [0.717, 1.165) is 36.7 Å². The molecule has 0 aliphatic carbocycles. The molecule has 2 fully saturated rings. The zero-order valence-electron chi connectivity index (χ0n) is 16.4. The number of amides is 1. The SMILES string of the molecule is COc1cc(OC)cc(N2CCC(CNC(=O)C3(N)CCOCC3)C2)c1.Cl.Cl. The van der Waals surface area contributed by atoms with Crippen molar-refractivity contribution < 1.29 is 19.0 Å². The number of anilines is 1. The molecule has 3 rings (SSSR count). The fraction of sp³-hybridized carbons (Fsp3) is 0.632. The fourth-order valence-electron chi connectivity index (χ4n) is 3.58. The van der Waals surface area contributed by atoms with Crippen LogP contribution in [0.5, 0.6) is 11.5 Å². The lowest BCUT2D eigenvalue weighted by Gasteiger charge is -2.32. The molecule has 1 aromatic rings. The van der Waals surface area contributed by atoms with Crippen LogP contribution in [0.25, 0.3) is 0 Å². The van der Waals surface area contributed by atoms with Gasteiger partial charge in [0, 0.05) is 56.7 Å². The summed E-state index contributed by atoms with van der Waals surface area (Å²) in [6.45, 7) is 3.59. The Kier molecular flexibility index (Phi) is 9.63. The van der Waals surface area contributed by atoms with Crippen molar-refractivity contribution in [2.75, 3.05) is 52.0 Å². The van der Waals surface area contributed by atoms with E-state index >= 15 is 0 Å². The molecule has 0 aromatic heterocycles. The Bertz CT molecular complexity index is 619. The third-order valence-electron chi connectivity index (χ3n) is 5.38. The number of carbonyl (C=O) groups is 1. The summed E-state index contributed by atoms with van der Waals surface area (Å²) in [4.78, 5) is 14.8. The van der Waals surface area contributed by atoms with Gasteiger partial charge in [-0.25, -0.2) is 0 Å². The zero-order chi connectivity index (χ0) is 18.6. The number of hydrogen-bond acceptors (Lipinski definition) is 6. The molecule has 28 heavy (non-hydrogen) atoms. The van der Waals surface area contributed by atoms with E-state index in [1.54, 1.807) is 14.2 Å². The molecule has 1 aromatic carbocycles. The van der Waals surface area contributed by atoms with Gasteiger partial charge in [-0.05, 0) is 25.2 Å². The van der Waals surface area contributed by atoms with Crippen molar-refractivity contribution in [1.29, 1.82) is 0 Å². The third kappa shape index (κ3) is 5.80. The number of nitrogens with two attached hydrogens (primary N) is 1. The highest BCUT2D eigenvalue weighted by Gasteiger charge is 2.36. The van der Waals surface area contributed by atoms with Gasteiger partial charge in [0.25, 0.3) is 0 Å². The first-order valence-corrected chi connectivity index (χ1v) is 9.17. The highest BCUT2D eigenvalue weighted by atomic mass is 35.5. The van der Waals surface area contributed by atoms with E-state index in [2.05, 4.69) is 10.2 Å². The van der Waals surface area contributed by atoms with Gasteiger partial charge in [-0.1, -0.05) is 0 Å². The van der Waals surface area contributed by atoms with Crippen LogP contribution in [0.4, 0.5) is 5.69 Å². The molecule has 0 saturated carbocycles. The quantitative estimate of drug-likeness (QED) is 0.710. The summed E-state index contributed by atoms with van der Waals surface area (Å²) in [5, 5.41) is 3.06. The number of nitrogens with zero attached hydrogens (tertiary/aromatic N) is 1. The second-order valence-electron chi connectivity index (χ2n) is 7.15. The smallest absolute Gasteiger partial charge is 0.240 e. The van der Waals surface area contributed by atoms with Crippen LogP contribution in [0.1, 0.15) is 19.3 Å². The summed E-state index contributed by atoms with van der Waals surface area (Å²) in [5.74, 6) is 1.91. The molecule has 0 spiro atoms. The second-order valence-corrected chi connectivity index (χ2v) is 7.15. The highest BCUT2D eigenvalue weighted by Crippen LogP contribution is 2.31. The molecule has 1 unspecified atom stereocenters. The highest BCUT2D eigenvalue weighted by molar-refractivity contribution is 5.86. The maximum Gasteiger partial charge on any atom is 0.240 e. The van der Waals surface area contributed by atoms with Crippen molar-refractivity contribution in [2.24, 2.45) is 11.7 Å².